The molecule has 22 heavy (non-hydrogen) atoms. The summed E-state index contributed by atoms with van der Waals surface area (Å²) in [6, 6.07) is 13.9. The van der Waals surface area contributed by atoms with Crippen LogP contribution in [0.5, 0.6) is 0 Å². The zero-order valence-corrected chi connectivity index (χ0v) is 12.8. The zero-order valence-electron chi connectivity index (χ0n) is 12.0. The predicted octanol–water partition coefficient (Wildman–Crippen LogP) is 3.39. The maximum atomic E-state index is 12.5. The van der Waals surface area contributed by atoms with Crippen LogP contribution in [-0.4, -0.2) is 17.9 Å². The largest absolute Gasteiger partial charge is 0.372 e. The number of benzene rings is 2. The first kappa shape index (κ1) is 14.6. The first-order valence-electron chi connectivity index (χ1n) is 7.01. The van der Waals surface area contributed by atoms with Crippen molar-refractivity contribution in [3.05, 3.63) is 59.1 Å². The lowest BCUT2D eigenvalue weighted by Gasteiger charge is -2.16. The maximum Gasteiger partial charge on any atom is 0.256 e. The molecule has 1 aliphatic heterocycles. The molecule has 0 saturated carbocycles. The Morgan fingerprint density at radius 3 is 2.45 bits per heavy atom. The van der Waals surface area contributed by atoms with Gasteiger partial charge in [0.05, 0.1) is 22.8 Å². The van der Waals surface area contributed by atoms with E-state index in [0.717, 1.165) is 5.56 Å². The molecule has 0 aliphatic carbocycles. The maximum absolute atomic E-state index is 12.5. The summed E-state index contributed by atoms with van der Waals surface area (Å²) in [6.07, 6.45) is 0.123. The fraction of sp³-hybridized carbons (Fsp3) is 0.176. The number of hydrogen-bond donors (Lipinski definition) is 1. The van der Waals surface area contributed by atoms with Crippen molar-refractivity contribution in [3.8, 4) is 0 Å². The Balaban J connectivity index is 1.82. The van der Waals surface area contributed by atoms with Gasteiger partial charge >= 0.3 is 0 Å². The van der Waals surface area contributed by atoms with Gasteiger partial charge in [0.2, 0.25) is 5.91 Å². The van der Waals surface area contributed by atoms with E-state index in [1.54, 1.807) is 24.3 Å². The average molecular weight is 315 g/mol. The Kier molecular flexibility index (Phi) is 3.86. The van der Waals surface area contributed by atoms with Crippen molar-refractivity contribution in [2.24, 2.45) is 0 Å². The van der Waals surface area contributed by atoms with Crippen molar-refractivity contribution < 1.29 is 9.59 Å². The van der Waals surface area contributed by atoms with Crippen LogP contribution in [-0.2, 0) is 9.59 Å². The molecule has 0 aromatic heterocycles. The molecule has 2 aromatic carbocycles. The summed E-state index contributed by atoms with van der Waals surface area (Å²) in [5.74, 6) is -0.466. The molecule has 0 unspecified atom stereocenters. The summed E-state index contributed by atoms with van der Waals surface area (Å²) in [7, 11) is 0. The first-order chi connectivity index (χ1) is 10.6. The number of nitrogens with one attached hydrogen (secondary N) is 1. The van der Waals surface area contributed by atoms with Gasteiger partial charge in [-0.25, -0.2) is 4.90 Å². The zero-order chi connectivity index (χ0) is 15.7. The molecule has 1 fully saturated rings. The van der Waals surface area contributed by atoms with E-state index in [0.29, 0.717) is 16.4 Å². The molecule has 2 amide bonds. The third-order valence-electron chi connectivity index (χ3n) is 3.64. The van der Waals surface area contributed by atoms with Crippen molar-refractivity contribution in [1.82, 2.24) is 0 Å². The Morgan fingerprint density at radius 2 is 1.77 bits per heavy atom. The second-order valence-corrected chi connectivity index (χ2v) is 5.69. The van der Waals surface area contributed by atoms with Crippen LogP contribution in [0.25, 0.3) is 0 Å². The van der Waals surface area contributed by atoms with E-state index in [2.05, 4.69) is 5.32 Å². The van der Waals surface area contributed by atoms with E-state index >= 15 is 0 Å². The number of anilines is 2. The number of para-hydroxylation sites is 1. The van der Waals surface area contributed by atoms with E-state index in [9.17, 15) is 9.59 Å². The Morgan fingerprint density at radius 1 is 1.09 bits per heavy atom. The van der Waals surface area contributed by atoms with Crippen molar-refractivity contribution in [2.45, 2.75) is 19.4 Å². The molecule has 1 aliphatic rings. The molecular weight excluding hydrogens is 300 g/mol. The number of aryl methyl sites for hydroxylation is 1. The lowest BCUT2D eigenvalue weighted by atomic mass is 10.2. The van der Waals surface area contributed by atoms with E-state index in [-0.39, 0.29) is 18.2 Å². The van der Waals surface area contributed by atoms with Crippen LogP contribution < -0.4 is 10.2 Å². The van der Waals surface area contributed by atoms with E-state index < -0.39 is 6.04 Å². The van der Waals surface area contributed by atoms with Gasteiger partial charge < -0.3 is 5.32 Å². The molecule has 1 heterocycles. The number of hydrogen-bond acceptors (Lipinski definition) is 3. The quantitative estimate of drug-likeness (QED) is 0.883. The molecule has 112 valence electrons. The smallest absolute Gasteiger partial charge is 0.256 e. The summed E-state index contributed by atoms with van der Waals surface area (Å²) in [6.45, 7) is 1.96. The topological polar surface area (TPSA) is 49.4 Å². The van der Waals surface area contributed by atoms with Crippen molar-refractivity contribution >= 4 is 34.8 Å². The van der Waals surface area contributed by atoms with Gasteiger partial charge in [0.25, 0.3) is 5.91 Å². The minimum atomic E-state index is -0.589. The Labute approximate surface area is 133 Å². The predicted molar refractivity (Wildman–Crippen MR) is 87.2 cm³/mol. The van der Waals surface area contributed by atoms with Crippen molar-refractivity contribution in [3.63, 3.8) is 0 Å². The van der Waals surface area contributed by atoms with Crippen LogP contribution in [0.3, 0.4) is 0 Å². The molecule has 1 atom stereocenters. The second kappa shape index (κ2) is 5.81. The van der Waals surface area contributed by atoms with Crippen LogP contribution in [0.2, 0.25) is 5.02 Å². The standard InChI is InChI=1S/C17H15ClN2O2/c1-11-6-8-12(9-7-11)20-16(21)10-15(17(20)22)19-14-5-3-2-4-13(14)18/h2-9,15,19H,10H2,1H3/t15-/m0/s1. The summed E-state index contributed by atoms with van der Waals surface area (Å²) in [4.78, 5) is 25.9. The number of carbonyl (C=O) groups is 2. The molecule has 0 radical (unpaired) electrons. The minimum absolute atomic E-state index is 0.123. The fourth-order valence-corrected chi connectivity index (χ4v) is 2.67. The number of nitrogens with zero attached hydrogens (tertiary/aromatic N) is 1. The SMILES string of the molecule is Cc1ccc(N2C(=O)C[C@H](Nc3ccccc3Cl)C2=O)cc1. The molecule has 3 rings (SSSR count). The second-order valence-electron chi connectivity index (χ2n) is 5.28. The normalized spacial score (nSPS) is 17.9. The summed E-state index contributed by atoms with van der Waals surface area (Å²) < 4.78 is 0. The molecule has 1 saturated heterocycles. The monoisotopic (exact) mass is 314 g/mol. The van der Waals surface area contributed by atoms with E-state index in [1.807, 2.05) is 31.2 Å². The van der Waals surface area contributed by atoms with E-state index in [1.165, 1.54) is 4.90 Å². The molecule has 5 heteroatoms. The van der Waals surface area contributed by atoms with Gasteiger partial charge in [0.15, 0.2) is 0 Å². The molecule has 0 spiro atoms. The fourth-order valence-electron chi connectivity index (χ4n) is 2.48. The average Bonchev–Trinajstić information content (AvgIpc) is 2.77. The number of imide groups is 1. The summed E-state index contributed by atoms with van der Waals surface area (Å²) >= 11 is 6.09. The van der Waals surface area contributed by atoms with Crippen LogP contribution in [0.1, 0.15) is 12.0 Å². The number of amides is 2. The van der Waals surface area contributed by atoms with Crippen LogP contribution in [0.15, 0.2) is 48.5 Å². The molecule has 2 aromatic rings. The van der Waals surface area contributed by atoms with Gasteiger partial charge in [0, 0.05) is 0 Å². The van der Waals surface area contributed by atoms with Gasteiger partial charge in [-0.15, -0.1) is 0 Å². The van der Waals surface area contributed by atoms with Crippen LogP contribution >= 0.6 is 11.6 Å². The van der Waals surface area contributed by atoms with Gasteiger partial charge in [-0.3, -0.25) is 9.59 Å². The molecule has 1 N–H and O–H groups in total. The highest BCUT2D eigenvalue weighted by molar-refractivity contribution is 6.33. The van der Waals surface area contributed by atoms with Crippen molar-refractivity contribution in [2.75, 3.05) is 10.2 Å². The van der Waals surface area contributed by atoms with Crippen LogP contribution in [0, 0.1) is 6.92 Å². The van der Waals surface area contributed by atoms with Crippen LogP contribution in [0.4, 0.5) is 11.4 Å². The highest BCUT2D eigenvalue weighted by atomic mass is 35.5. The minimum Gasteiger partial charge on any atom is -0.372 e. The van der Waals surface area contributed by atoms with E-state index in [4.69, 9.17) is 11.6 Å². The lowest BCUT2D eigenvalue weighted by molar-refractivity contribution is -0.121. The molecule has 4 nitrogen and oxygen atoms in total. The highest BCUT2D eigenvalue weighted by Crippen LogP contribution is 2.27. The number of halogens is 1. The Hall–Kier alpha value is -2.33. The van der Waals surface area contributed by atoms with Gasteiger partial charge in [0.1, 0.15) is 6.04 Å². The summed E-state index contributed by atoms with van der Waals surface area (Å²) in [5.41, 5.74) is 2.33. The first-order valence-corrected chi connectivity index (χ1v) is 7.38. The number of rotatable bonds is 3. The van der Waals surface area contributed by atoms with Gasteiger partial charge in [-0.1, -0.05) is 41.4 Å². The lowest BCUT2D eigenvalue weighted by Crippen LogP contribution is -2.34. The molecule has 0 bridgehead atoms. The van der Waals surface area contributed by atoms with Gasteiger partial charge in [-0.2, -0.15) is 0 Å². The molecular formula is C17H15ClN2O2. The highest BCUT2D eigenvalue weighted by Gasteiger charge is 2.39. The van der Waals surface area contributed by atoms with Crippen molar-refractivity contribution in [1.29, 1.82) is 0 Å². The number of carbonyl (C=O) groups excluding carboxylic acids is 2. The Bertz CT molecular complexity index is 728. The van der Waals surface area contributed by atoms with Gasteiger partial charge in [-0.05, 0) is 31.2 Å². The summed E-state index contributed by atoms with van der Waals surface area (Å²) in [5, 5.41) is 3.58. The third kappa shape index (κ3) is 2.70. The third-order valence-corrected chi connectivity index (χ3v) is 3.97.